The van der Waals surface area contributed by atoms with E-state index >= 15 is 0 Å². The van der Waals surface area contributed by atoms with Crippen LogP contribution in [-0.2, 0) is 11.3 Å². The van der Waals surface area contributed by atoms with Crippen molar-refractivity contribution in [1.29, 1.82) is 0 Å². The monoisotopic (exact) mass is 385 g/mol. The van der Waals surface area contributed by atoms with Crippen molar-refractivity contribution in [3.05, 3.63) is 75.3 Å². The number of carbonyl (C=O) groups is 2. The van der Waals surface area contributed by atoms with Crippen LogP contribution < -0.4 is 0 Å². The summed E-state index contributed by atoms with van der Waals surface area (Å²) in [4.78, 5) is 39.1. The molecule has 0 fully saturated rings. The van der Waals surface area contributed by atoms with E-state index in [9.17, 15) is 19.7 Å². The van der Waals surface area contributed by atoms with Gasteiger partial charge in [-0.3, -0.25) is 14.9 Å². The van der Waals surface area contributed by atoms with Crippen molar-refractivity contribution in [2.24, 2.45) is 0 Å². The van der Waals surface area contributed by atoms with Gasteiger partial charge < -0.3 is 14.5 Å². The molecule has 0 N–H and O–H groups in total. The van der Waals surface area contributed by atoms with Crippen LogP contribution in [0.2, 0.25) is 0 Å². The Balaban J connectivity index is 2.39. The zero-order valence-corrected chi connectivity index (χ0v) is 16.1. The number of methoxy groups -OCH3 is 1. The van der Waals surface area contributed by atoms with Gasteiger partial charge in [0, 0.05) is 37.3 Å². The number of rotatable bonds is 8. The van der Waals surface area contributed by atoms with Crippen molar-refractivity contribution in [2.75, 3.05) is 34.3 Å². The lowest BCUT2D eigenvalue weighted by atomic mass is 10.1. The molecule has 0 bridgehead atoms. The lowest BCUT2D eigenvalue weighted by Gasteiger charge is -2.25. The lowest BCUT2D eigenvalue weighted by molar-refractivity contribution is -0.384. The van der Waals surface area contributed by atoms with Gasteiger partial charge in [0.15, 0.2) is 0 Å². The van der Waals surface area contributed by atoms with Crippen LogP contribution in [0, 0.1) is 10.1 Å². The summed E-state index contributed by atoms with van der Waals surface area (Å²) < 4.78 is 4.65. The van der Waals surface area contributed by atoms with E-state index in [1.54, 1.807) is 4.90 Å². The maximum Gasteiger partial charge on any atom is 0.338 e. The molecule has 148 valence electrons. The van der Waals surface area contributed by atoms with Gasteiger partial charge in [-0.15, -0.1) is 0 Å². The van der Waals surface area contributed by atoms with E-state index in [4.69, 9.17) is 0 Å². The quantitative estimate of drug-likeness (QED) is 0.394. The topological polar surface area (TPSA) is 93.0 Å². The summed E-state index contributed by atoms with van der Waals surface area (Å²) in [7, 11) is 4.98. The number of esters is 1. The van der Waals surface area contributed by atoms with Crippen LogP contribution in [0.1, 0.15) is 26.3 Å². The second kappa shape index (κ2) is 9.61. The predicted octanol–water partition coefficient (Wildman–Crippen LogP) is 2.59. The molecule has 0 saturated carbocycles. The summed E-state index contributed by atoms with van der Waals surface area (Å²) in [6, 6.07) is 13.1. The maximum atomic E-state index is 13.1. The number of nitro benzene ring substituents is 1. The SMILES string of the molecule is COC(=O)c1cc(C(=O)N(CCN(C)C)Cc2ccccc2)cc([N+](=O)[O-])c1. The summed E-state index contributed by atoms with van der Waals surface area (Å²) in [6.07, 6.45) is 0. The van der Waals surface area contributed by atoms with Crippen molar-refractivity contribution in [2.45, 2.75) is 6.54 Å². The first-order valence-corrected chi connectivity index (χ1v) is 8.67. The third-order valence-electron chi connectivity index (χ3n) is 4.12. The third-order valence-corrected chi connectivity index (χ3v) is 4.12. The molecule has 28 heavy (non-hydrogen) atoms. The van der Waals surface area contributed by atoms with Gasteiger partial charge in [-0.2, -0.15) is 0 Å². The van der Waals surface area contributed by atoms with E-state index in [1.807, 2.05) is 49.3 Å². The first-order chi connectivity index (χ1) is 13.3. The fourth-order valence-corrected chi connectivity index (χ4v) is 2.64. The molecule has 0 unspecified atom stereocenters. The molecule has 8 nitrogen and oxygen atoms in total. The fourth-order valence-electron chi connectivity index (χ4n) is 2.64. The minimum atomic E-state index is -0.736. The average Bonchev–Trinajstić information content (AvgIpc) is 2.70. The Morgan fingerprint density at radius 1 is 1.04 bits per heavy atom. The van der Waals surface area contributed by atoms with Gasteiger partial charge in [0.05, 0.1) is 17.6 Å². The van der Waals surface area contributed by atoms with E-state index < -0.39 is 10.9 Å². The molecule has 2 rings (SSSR count). The highest BCUT2D eigenvalue weighted by Crippen LogP contribution is 2.20. The van der Waals surface area contributed by atoms with Crippen LogP contribution >= 0.6 is 0 Å². The molecule has 0 aliphatic heterocycles. The number of likely N-dealkylation sites (N-methyl/N-ethyl adjacent to an activating group) is 1. The first kappa shape index (κ1) is 21.0. The Morgan fingerprint density at radius 2 is 1.68 bits per heavy atom. The predicted molar refractivity (Wildman–Crippen MR) is 104 cm³/mol. The number of carbonyl (C=O) groups excluding carboxylic acids is 2. The molecule has 0 aliphatic rings. The largest absolute Gasteiger partial charge is 0.465 e. The molecule has 0 radical (unpaired) electrons. The molecule has 2 aromatic carbocycles. The van der Waals surface area contributed by atoms with E-state index in [1.165, 1.54) is 19.2 Å². The van der Waals surface area contributed by atoms with E-state index in [0.29, 0.717) is 19.6 Å². The second-order valence-corrected chi connectivity index (χ2v) is 6.53. The van der Waals surface area contributed by atoms with E-state index in [2.05, 4.69) is 4.74 Å². The molecule has 1 amide bonds. The summed E-state index contributed by atoms with van der Waals surface area (Å²) in [6.45, 7) is 1.40. The van der Waals surface area contributed by atoms with Gasteiger partial charge in [-0.25, -0.2) is 4.79 Å². The summed E-state index contributed by atoms with van der Waals surface area (Å²) in [5.41, 5.74) is 0.642. The zero-order valence-electron chi connectivity index (χ0n) is 16.1. The Bertz CT molecular complexity index is 852. The van der Waals surface area contributed by atoms with E-state index in [0.717, 1.165) is 11.6 Å². The van der Waals surface area contributed by atoms with Crippen molar-refractivity contribution in [3.8, 4) is 0 Å². The number of hydrogen-bond donors (Lipinski definition) is 0. The van der Waals surface area contributed by atoms with Gasteiger partial charge in [0.1, 0.15) is 0 Å². The van der Waals surface area contributed by atoms with Crippen LogP contribution in [-0.4, -0.2) is 60.9 Å². The molecule has 0 spiro atoms. The number of nitrogens with zero attached hydrogens (tertiary/aromatic N) is 3. The number of benzene rings is 2. The Labute approximate surface area is 163 Å². The van der Waals surface area contributed by atoms with Crippen molar-refractivity contribution >= 4 is 17.6 Å². The van der Waals surface area contributed by atoms with Gasteiger partial charge in [-0.1, -0.05) is 30.3 Å². The minimum absolute atomic E-state index is 0.0349. The molecule has 0 aliphatic carbocycles. The normalized spacial score (nSPS) is 10.6. The van der Waals surface area contributed by atoms with E-state index in [-0.39, 0.29) is 22.7 Å². The highest BCUT2D eigenvalue weighted by atomic mass is 16.6. The smallest absolute Gasteiger partial charge is 0.338 e. The number of non-ortho nitro benzene ring substituents is 1. The number of nitro groups is 1. The van der Waals surface area contributed by atoms with Gasteiger partial charge in [0.2, 0.25) is 0 Å². The third kappa shape index (κ3) is 5.62. The van der Waals surface area contributed by atoms with Crippen LogP contribution in [0.3, 0.4) is 0 Å². The highest BCUT2D eigenvalue weighted by Gasteiger charge is 2.22. The number of hydrogen-bond acceptors (Lipinski definition) is 6. The zero-order chi connectivity index (χ0) is 20.7. The average molecular weight is 385 g/mol. The molecule has 0 atom stereocenters. The lowest BCUT2D eigenvalue weighted by Crippen LogP contribution is -2.36. The van der Waals surface area contributed by atoms with Gasteiger partial charge in [-0.05, 0) is 25.7 Å². The summed E-state index contributed by atoms with van der Waals surface area (Å²) >= 11 is 0. The molecule has 0 saturated heterocycles. The van der Waals surface area contributed by atoms with Crippen LogP contribution in [0.4, 0.5) is 5.69 Å². The fraction of sp³-hybridized carbons (Fsp3) is 0.300. The van der Waals surface area contributed by atoms with Crippen molar-refractivity contribution in [1.82, 2.24) is 9.80 Å². The molecule has 0 aromatic heterocycles. The molecule has 8 heteroatoms. The van der Waals surface area contributed by atoms with Crippen molar-refractivity contribution < 1.29 is 19.2 Å². The summed E-state index contributed by atoms with van der Waals surface area (Å²) in [5, 5.41) is 11.2. The Morgan fingerprint density at radius 3 is 2.25 bits per heavy atom. The highest BCUT2D eigenvalue weighted by molar-refractivity contribution is 5.99. The van der Waals surface area contributed by atoms with Crippen LogP contribution in [0.25, 0.3) is 0 Å². The molecule has 0 heterocycles. The summed E-state index contributed by atoms with van der Waals surface area (Å²) in [5.74, 6) is -1.12. The molecular weight excluding hydrogens is 362 g/mol. The second-order valence-electron chi connectivity index (χ2n) is 6.53. The maximum absolute atomic E-state index is 13.1. The minimum Gasteiger partial charge on any atom is -0.465 e. The Hall–Kier alpha value is -3.26. The number of ether oxygens (including phenoxy) is 1. The first-order valence-electron chi connectivity index (χ1n) is 8.67. The Kier molecular flexibility index (Phi) is 7.22. The van der Waals surface area contributed by atoms with Crippen LogP contribution in [0.15, 0.2) is 48.5 Å². The van der Waals surface area contributed by atoms with Gasteiger partial charge in [0.25, 0.3) is 11.6 Å². The van der Waals surface area contributed by atoms with Gasteiger partial charge >= 0.3 is 5.97 Å². The number of amides is 1. The van der Waals surface area contributed by atoms with Crippen molar-refractivity contribution in [3.63, 3.8) is 0 Å². The molecular formula is C20H23N3O5. The van der Waals surface area contributed by atoms with Crippen LogP contribution in [0.5, 0.6) is 0 Å². The standard InChI is InChI=1S/C20H23N3O5/c1-21(2)9-10-22(14-15-7-5-4-6-8-15)19(24)16-11-17(20(25)28-3)13-18(12-16)23(26)27/h4-8,11-13H,9-10,14H2,1-3H3. The molecule has 2 aromatic rings.